The fourth-order valence-electron chi connectivity index (χ4n) is 0.827. The number of pyridine rings is 1. The molecule has 0 saturated heterocycles. The number of halogens is 2. The highest BCUT2D eigenvalue weighted by Gasteiger charge is 2.04. The van der Waals surface area contributed by atoms with Crippen molar-refractivity contribution in [3.63, 3.8) is 0 Å². The van der Waals surface area contributed by atoms with Crippen LogP contribution in [0.1, 0.15) is 20.3 Å². The zero-order chi connectivity index (χ0) is 9.84. The SMILES string of the molecule is CCC(C)Sc1cc(Cl)nc(Cl)c1. The Morgan fingerprint density at radius 1 is 1.38 bits per heavy atom. The lowest BCUT2D eigenvalue weighted by atomic mass is 10.4. The Morgan fingerprint density at radius 2 is 1.92 bits per heavy atom. The predicted octanol–water partition coefficient (Wildman–Crippen LogP) is 4.28. The summed E-state index contributed by atoms with van der Waals surface area (Å²) in [6.45, 7) is 4.33. The summed E-state index contributed by atoms with van der Waals surface area (Å²) in [7, 11) is 0. The van der Waals surface area contributed by atoms with Crippen LogP contribution >= 0.6 is 35.0 Å². The van der Waals surface area contributed by atoms with E-state index in [1.165, 1.54) is 0 Å². The Bertz CT molecular complexity index is 271. The molecule has 1 heterocycles. The number of aromatic nitrogens is 1. The Labute approximate surface area is 92.8 Å². The molecule has 1 nitrogen and oxygen atoms in total. The fourth-order valence-corrected chi connectivity index (χ4v) is 2.41. The van der Waals surface area contributed by atoms with Gasteiger partial charge in [-0.15, -0.1) is 11.8 Å². The van der Waals surface area contributed by atoms with Gasteiger partial charge in [-0.1, -0.05) is 37.0 Å². The zero-order valence-corrected chi connectivity index (χ0v) is 9.88. The molecule has 1 aromatic rings. The van der Waals surface area contributed by atoms with Gasteiger partial charge in [0.1, 0.15) is 10.3 Å². The van der Waals surface area contributed by atoms with Gasteiger partial charge in [-0.25, -0.2) is 4.98 Å². The minimum absolute atomic E-state index is 0.457. The van der Waals surface area contributed by atoms with E-state index in [4.69, 9.17) is 23.2 Å². The smallest absolute Gasteiger partial charge is 0.131 e. The molecular formula is C9H11Cl2NS. The summed E-state index contributed by atoms with van der Waals surface area (Å²) in [6.07, 6.45) is 1.13. The molecule has 0 aliphatic rings. The molecule has 0 N–H and O–H groups in total. The topological polar surface area (TPSA) is 12.9 Å². The summed E-state index contributed by atoms with van der Waals surface area (Å²) in [4.78, 5) is 4.97. The summed E-state index contributed by atoms with van der Waals surface area (Å²) >= 11 is 13.3. The normalized spacial score (nSPS) is 12.9. The zero-order valence-electron chi connectivity index (χ0n) is 7.55. The van der Waals surface area contributed by atoms with Crippen LogP contribution in [0, 0.1) is 0 Å². The van der Waals surface area contributed by atoms with Gasteiger partial charge in [0.05, 0.1) is 0 Å². The first-order valence-electron chi connectivity index (χ1n) is 4.11. The number of rotatable bonds is 3. The van der Waals surface area contributed by atoms with Crippen molar-refractivity contribution in [2.45, 2.75) is 30.4 Å². The fraction of sp³-hybridized carbons (Fsp3) is 0.444. The van der Waals surface area contributed by atoms with Crippen LogP contribution in [0.25, 0.3) is 0 Å². The maximum Gasteiger partial charge on any atom is 0.131 e. The van der Waals surface area contributed by atoms with E-state index >= 15 is 0 Å². The molecule has 0 bridgehead atoms. The number of thioether (sulfide) groups is 1. The van der Waals surface area contributed by atoms with Gasteiger partial charge in [-0.05, 0) is 18.6 Å². The van der Waals surface area contributed by atoms with Crippen LogP contribution in [0.15, 0.2) is 17.0 Å². The number of hydrogen-bond acceptors (Lipinski definition) is 2. The monoisotopic (exact) mass is 235 g/mol. The van der Waals surface area contributed by atoms with Crippen LogP contribution in [-0.4, -0.2) is 10.2 Å². The van der Waals surface area contributed by atoms with Crippen LogP contribution in [0.4, 0.5) is 0 Å². The van der Waals surface area contributed by atoms with Crippen molar-refractivity contribution in [2.24, 2.45) is 0 Å². The summed E-state index contributed by atoms with van der Waals surface area (Å²) < 4.78 is 0. The second kappa shape index (κ2) is 5.08. The van der Waals surface area contributed by atoms with Crippen molar-refractivity contribution in [2.75, 3.05) is 0 Å². The Morgan fingerprint density at radius 3 is 2.38 bits per heavy atom. The molecule has 0 radical (unpaired) electrons. The minimum Gasteiger partial charge on any atom is -0.224 e. The van der Waals surface area contributed by atoms with E-state index in [1.807, 2.05) is 12.1 Å². The third-order valence-electron chi connectivity index (χ3n) is 1.65. The largest absolute Gasteiger partial charge is 0.224 e. The van der Waals surface area contributed by atoms with Crippen LogP contribution < -0.4 is 0 Å². The maximum absolute atomic E-state index is 5.77. The Balaban J connectivity index is 2.77. The summed E-state index contributed by atoms with van der Waals surface area (Å²) in [5.74, 6) is 0. The first-order valence-corrected chi connectivity index (χ1v) is 5.75. The van der Waals surface area contributed by atoms with Crippen molar-refractivity contribution >= 4 is 35.0 Å². The van der Waals surface area contributed by atoms with Gasteiger partial charge in [0, 0.05) is 10.1 Å². The molecule has 0 saturated carbocycles. The highest BCUT2D eigenvalue weighted by atomic mass is 35.5. The molecule has 1 rings (SSSR count). The van der Waals surface area contributed by atoms with Gasteiger partial charge in [-0.3, -0.25) is 0 Å². The molecule has 0 fully saturated rings. The maximum atomic E-state index is 5.77. The molecule has 1 atom stereocenters. The molecule has 0 aliphatic carbocycles. The molecular weight excluding hydrogens is 225 g/mol. The van der Waals surface area contributed by atoms with Gasteiger partial charge in [0.25, 0.3) is 0 Å². The van der Waals surface area contributed by atoms with Crippen LogP contribution in [-0.2, 0) is 0 Å². The van der Waals surface area contributed by atoms with Crippen LogP contribution in [0.5, 0.6) is 0 Å². The first-order chi connectivity index (χ1) is 6.11. The average molecular weight is 236 g/mol. The lowest BCUT2D eigenvalue weighted by Crippen LogP contribution is -1.92. The second-order valence-corrected chi connectivity index (χ2v) is 5.07. The number of nitrogens with zero attached hydrogens (tertiary/aromatic N) is 1. The molecule has 0 aliphatic heterocycles. The molecule has 0 spiro atoms. The van der Waals surface area contributed by atoms with Crippen molar-refractivity contribution < 1.29 is 0 Å². The lowest BCUT2D eigenvalue weighted by Gasteiger charge is -2.07. The van der Waals surface area contributed by atoms with E-state index in [0.717, 1.165) is 11.3 Å². The first kappa shape index (κ1) is 11.2. The molecule has 1 aromatic heterocycles. The van der Waals surface area contributed by atoms with E-state index in [2.05, 4.69) is 18.8 Å². The molecule has 72 valence electrons. The van der Waals surface area contributed by atoms with E-state index in [9.17, 15) is 0 Å². The minimum atomic E-state index is 0.457. The summed E-state index contributed by atoms with van der Waals surface area (Å²) in [5.41, 5.74) is 0. The second-order valence-electron chi connectivity index (χ2n) is 2.79. The summed E-state index contributed by atoms with van der Waals surface area (Å²) in [5, 5.41) is 1.49. The summed E-state index contributed by atoms with van der Waals surface area (Å²) in [6, 6.07) is 3.68. The highest BCUT2D eigenvalue weighted by Crippen LogP contribution is 2.28. The average Bonchev–Trinajstić information content (AvgIpc) is 2.02. The Kier molecular flexibility index (Phi) is 4.36. The third-order valence-corrected chi connectivity index (χ3v) is 3.28. The Hall–Kier alpha value is 0.0800. The quantitative estimate of drug-likeness (QED) is 0.573. The van der Waals surface area contributed by atoms with Gasteiger partial charge in [0.15, 0.2) is 0 Å². The molecule has 13 heavy (non-hydrogen) atoms. The third kappa shape index (κ3) is 3.75. The van der Waals surface area contributed by atoms with Crippen molar-refractivity contribution in [3.05, 3.63) is 22.4 Å². The van der Waals surface area contributed by atoms with E-state index < -0.39 is 0 Å². The van der Waals surface area contributed by atoms with Gasteiger partial charge in [-0.2, -0.15) is 0 Å². The van der Waals surface area contributed by atoms with Gasteiger partial charge in [0.2, 0.25) is 0 Å². The van der Waals surface area contributed by atoms with Crippen LogP contribution in [0.3, 0.4) is 0 Å². The lowest BCUT2D eigenvalue weighted by molar-refractivity contribution is 0.905. The van der Waals surface area contributed by atoms with Crippen molar-refractivity contribution in [1.82, 2.24) is 4.98 Å². The highest BCUT2D eigenvalue weighted by molar-refractivity contribution is 7.99. The van der Waals surface area contributed by atoms with Gasteiger partial charge < -0.3 is 0 Å². The molecule has 4 heteroatoms. The molecule has 0 amide bonds. The number of hydrogen-bond donors (Lipinski definition) is 0. The molecule has 1 unspecified atom stereocenters. The molecule has 0 aromatic carbocycles. The van der Waals surface area contributed by atoms with Crippen molar-refractivity contribution in [1.29, 1.82) is 0 Å². The van der Waals surface area contributed by atoms with E-state index in [0.29, 0.717) is 15.6 Å². The van der Waals surface area contributed by atoms with E-state index in [1.54, 1.807) is 11.8 Å². The van der Waals surface area contributed by atoms with E-state index in [-0.39, 0.29) is 0 Å². The van der Waals surface area contributed by atoms with Crippen molar-refractivity contribution in [3.8, 4) is 0 Å². The van der Waals surface area contributed by atoms with Crippen LogP contribution in [0.2, 0.25) is 10.3 Å². The predicted molar refractivity (Wildman–Crippen MR) is 59.9 cm³/mol. The van der Waals surface area contributed by atoms with Gasteiger partial charge >= 0.3 is 0 Å². The standard InChI is InChI=1S/C9H11Cl2NS/c1-3-6(2)13-7-4-8(10)12-9(11)5-7/h4-6H,3H2,1-2H3.